The summed E-state index contributed by atoms with van der Waals surface area (Å²) in [5.41, 5.74) is 11.2. The molecule has 2 aromatic carbocycles. The largest absolute Gasteiger partial charge is 0.312 e. The van der Waals surface area contributed by atoms with E-state index in [1.165, 1.54) is 22.3 Å². The van der Waals surface area contributed by atoms with E-state index < -0.39 is 12.3 Å². The maximum atomic E-state index is 5.02. The average Bonchev–Trinajstić information content (AvgIpc) is 3.68. The van der Waals surface area contributed by atoms with Crippen LogP contribution in [0.5, 0.6) is 0 Å². The Balaban J connectivity index is 1.47. The van der Waals surface area contributed by atoms with E-state index in [1.807, 2.05) is 49.6 Å². The number of nitrogens with zero attached hydrogens (tertiary/aromatic N) is 12. The molecule has 0 atom stereocenters. The molecule has 6 aromatic rings. The summed E-state index contributed by atoms with van der Waals surface area (Å²) in [5.74, 6) is 3.09. The van der Waals surface area contributed by atoms with Crippen LogP contribution >= 0.6 is 0 Å². The Bertz CT molecular complexity index is 2250. The predicted molar refractivity (Wildman–Crippen MR) is 251 cm³/mol. The molecule has 8 rings (SSSR count). The van der Waals surface area contributed by atoms with Crippen molar-refractivity contribution in [1.29, 1.82) is 0 Å². The van der Waals surface area contributed by atoms with Gasteiger partial charge in [-0.1, -0.05) is 83.1 Å². The van der Waals surface area contributed by atoms with Gasteiger partial charge in [-0.25, -0.2) is 39.9 Å². The third-order valence-electron chi connectivity index (χ3n) is 11.9. The standard InChI is InChI=1S/C50H62N12/c1-29-17-37-38(18-30(29)2)60(34-23-53-44(54-24-34)48(8,9)10)41(59(37)33-21-51-43(52-22-33)47(5,6)7)42-61(35-25-55-45(56-26-35)49(11,12)13)39-19-31(3)32(4)20-40(39)62(42)36-27-57-46(58-28-36)50(14,15)16/h17-28,41-42H,1-16H3. The lowest BCUT2D eigenvalue weighted by atomic mass is 9.96. The van der Waals surface area contributed by atoms with Crippen LogP contribution in [0.1, 0.15) is 129 Å². The zero-order chi connectivity index (χ0) is 44.8. The third kappa shape index (κ3) is 7.51. The summed E-state index contributed by atoms with van der Waals surface area (Å²) in [7, 11) is 0. The van der Waals surface area contributed by atoms with Crippen LogP contribution in [0.4, 0.5) is 45.5 Å². The molecule has 0 aliphatic carbocycles. The lowest BCUT2D eigenvalue weighted by Crippen LogP contribution is -2.58. The highest BCUT2D eigenvalue weighted by atomic mass is 15.5. The number of rotatable bonds is 5. The quantitative estimate of drug-likeness (QED) is 0.165. The first-order valence-corrected chi connectivity index (χ1v) is 21.6. The number of anilines is 8. The van der Waals surface area contributed by atoms with Crippen molar-refractivity contribution in [3.63, 3.8) is 0 Å². The minimum Gasteiger partial charge on any atom is -0.312 e. The molecule has 6 heterocycles. The second-order valence-electron chi connectivity index (χ2n) is 21.2. The molecule has 0 fully saturated rings. The summed E-state index contributed by atoms with van der Waals surface area (Å²) < 4.78 is 0. The zero-order valence-corrected chi connectivity index (χ0v) is 39.4. The van der Waals surface area contributed by atoms with E-state index in [4.69, 9.17) is 39.9 Å². The molecule has 0 N–H and O–H groups in total. The number of aromatic nitrogens is 8. The van der Waals surface area contributed by atoms with Crippen LogP contribution in [0, 0.1) is 27.7 Å². The lowest BCUT2D eigenvalue weighted by Gasteiger charge is -2.44. The van der Waals surface area contributed by atoms with Crippen LogP contribution in [0.3, 0.4) is 0 Å². The molecule has 322 valence electrons. The number of benzene rings is 2. The molecule has 62 heavy (non-hydrogen) atoms. The van der Waals surface area contributed by atoms with Gasteiger partial charge in [0.2, 0.25) is 0 Å². The van der Waals surface area contributed by atoms with Gasteiger partial charge in [-0.3, -0.25) is 0 Å². The van der Waals surface area contributed by atoms with Crippen molar-refractivity contribution in [1.82, 2.24) is 39.9 Å². The van der Waals surface area contributed by atoms with E-state index in [-0.39, 0.29) is 21.7 Å². The van der Waals surface area contributed by atoms with Gasteiger partial charge in [0.1, 0.15) is 23.3 Å². The molecule has 0 spiro atoms. The molecule has 12 nitrogen and oxygen atoms in total. The fourth-order valence-corrected chi connectivity index (χ4v) is 8.18. The Kier molecular flexibility index (Phi) is 10.2. The Morgan fingerprint density at radius 2 is 0.468 bits per heavy atom. The number of aryl methyl sites for hydroxylation is 4. The first kappa shape index (κ1) is 42.6. The van der Waals surface area contributed by atoms with Crippen LogP contribution in [0.15, 0.2) is 73.8 Å². The molecule has 12 heteroatoms. The number of hydrogen-bond donors (Lipinski definition) is 0. The zero-order valence-electron chi connectivity index (χ0n) is 39.4. The maximum absolute atomic E-state index is 5.02. The lowest BCUT2D eigenvalue weighted by molar-refractivity contribution is 0.528. The van der Waals surface area contributed by atoms with Crippen molar-refractivity contribution in [2.75, 3.05) is 19.6 Å². The van der Waals surface area contributed by atoms with Crippen molar-refractivity contribution < 1.29 is 0 Å². The minimum absolute atomic E-state index is 0.235. The van der Waals surface area contributed by atoms with Gasteiger partial charge in [0.15, 0.2) is 12.3 Å². The molecular formula is C50H62N12. The van der Waals surface area contributed by atoms with Gasteiger partial charge in [0, 0.05) is 21.7 Å². The van der Waals surface area contributed by atoms with Crippen LogP contribution in [-0.2, 0) is 21.7 Å². The average molecular weight is 831 g/mol. The summed E-state index contributed by atoms with van der Waals surface area (Å²) in [6.45, 7) is 34.4. The highest BCUT2D eigenvalue weighted by molar-refractivity contribution is 5.94. The normalized spacial score (nSPS) is 15.2. The van der Waals surface area contributed by atoms with Gasteiger partial charge in [-0.2, -0.15) is 0 Å². The summed E-state index contributed by atoms with van der Waals surface area (Å²) >= 11 is 0. The first-order chi connectivity index (χ1) is 28.9. The van der Waals surface area contributed by atoms with E-state index in [0.717, 1.165) is 68.8 Å². The second kappa shape index (κ2) is 14.8. The fourth-order valence-electron chi connectivity index (χ4n) is 8.18. The van der Waals surface area contributed by atoms with Gasteiger partial charge < -0.3 is 19.6 Å². The van der Waals surface area contributed by atoms with Crippen LogP contribution in [0.25, 0.3) is 0 Å². The molecule has 0 bridgehead atoms. The molecule has 0 unspecified atom stereocenters. The SMILES string of the molecule is Cc1cc2c(cc1C)N(c1cnc(C(C)(C)C)nc1)C(C1N(c3cnc(C(C)(C)C)nc3)c3cc(C)c(C)cc3N1c1cnc(C(C)(C)C)nc1)N2c1cnc(C(C)(C)C)nc1. The summed E-state index contributed by atoms with van der Waals surface area (Å²) in [5, 5.41) is 0. The maximum Gasteiger partial charge on any atom is 0.151 e. The topological polar surface area (TPSA) is 116 Å². The fraction of sp³-hybridized carbons (Fsp3) is 0.440. The minimum atomic E-state index is -0.489. The molecule has 0 saturated carbocycles. The smallest absolute Gasteiger partial charge is 0.151 e. The van der Waals surface area contributed by atoms with Crippen LogP contribution in [0.2, 0.25) is 0 Å². The second-order valence-corrected chi connectivity index (χ2v) is 21.2. The molecule has 4 aromatic heterocycles. The summed E-state index contributed by atoms with van der Waals surface area (Å²) in [4.78, 5) is 49.7. The van der Waals surface area contributed by atoms with E-state index >= 15 is 0 Å². The summed E-state index contributed by atoms with van der Waals surface area (Å²) in [6.07, 6.45) is 14.8. The molecule has 0 radical (unpaired) electrons. The predicted octanol–water partition coefficient (Wildman–Crippen LogP) is 11.2. The monoisotopic (exact) mass is 831 g/mol. The third-order valence-corrected chi connectivity index (χ3v) is 11.9. The Labute approximate surface area is 368 Å². The van der Waals surface area contributed by atoms with Gasteiger partial charge in [0.05, 0.1) is 95.1 Å². The van der Waals surface area contributed by atoms with E-state index in [0.29, 0.717) is 0 Å². The summed E-state index contributed by atoms with van der Waals surface area (Å²) in [6, 6.07) is 9.14. The Morgan fingerprint density at radius 3 is 0.613 bits per heavy atom. The van der Waals surface area contributed by atoms with Crippen molar-refractivity contribution in [2.45, 2.75) is 145 Å². The molecular weight excluding hydrogens is 769 g/mol. The molecule has 0 saturated heterocycles. The first-order valence-electron chi connectivity index (χ1n) is 21.6. The van der Waals surface area contributed by atoms with E-state index in [2.05, 4.69) is 155 Å². The highest BCUT2D eigenvalue weighted by Gasteiger charge is 2.53. The molecule has 0 amide bonds. The van der Waals surface area contributed by atoms with Crippen LogP contribution in [-0.4, -0.2) is 52.2 Å². The van der Waals surface area contributed by atoms with Crippen molar-refractivity contribution in [3.8, 4) is 0 Å². The number of fused-ring (bicyclic) bond motifs is 2. The van der Waals surface area contributed by atoms with Gasteiger partial charge in [-0.05, 0) is 74.2 Å². The van der Waals surface area contributed by atoms with E-state index in [1.54, 1.807) is 0 Å². The molecule has 2 aliphatic heterocycles. The highest BCUT2D eigenvalue weighted by Crippen LogP contribution is 2.56. The van der Waals surface area contributed by atoms with Crippen molar-refractivity contribution >= 4 is 45.5 Å². The number of hydrogen-bond acceptors (Lipinski definition) is 12. The Morgan fingerprint density at radius 1 is 0.306 bits per heavy atom. The Hall–Kier alpha value is -6.04. The van der Waals surface area contributed by atoms with Crippen LogP contribution < -0.4 is 19.6 Å². The van der Waals surface area contributed by atoms with Crippen molar-refractivity contribution in [3.05, 3.63) is 119 Å². The van der Waals surface area contributed by atoms with Crippen molar-refractivity contribution in [2.24, 2.45) is 0 Å². The van der Waals surface area contributed by atoms with Gasteiger partial charge in [0.25, 0.3) is 0 Å². The van der Waals surface area contributed by atoms with E-state index in [9.17, 15) is 0 Å². The van der Waals surface area contributed by atoms with Gasteiger partial charge >= 0.3 is 0 Å². The molecule has 2 aliphatic rings. The van der Waals surface area contributed by atoms with Gasteiger partial charge in [-0.15, -0.1) is 0 Å².